The van der Waals surface area contributed by atoms with Crippen LogP contribution >= 0.6 is 11.8 Å². The van der Waals surface area contributed by atoms with E-state index in [4.69, 9.17) is 0 Å². The quantitative estimate of drug-likeness (QED) is 0.264. The number of benzene rings is 3. The molecule has 0 aliphatic rings. The Morgan fingerprint density at radius 1 is 0.875 bits per heavy atom. The van der Waals surface area contributed by atoms with Crippen LogP contribution in [0.3, 0.4) is 0 Å². The van der Waals surface area contributed by atoms with Crippen molar-refractivity contribution in [1.82, 2.24) is 0 Å². The Bertz CT molecular complexity index is 1180. The summed E-state index contributed by atoms with van der Waals surface area (Å²) in [6, 6.07) is 18.2. The van der Waals surface area contributed by atoms with Gasteiger partial charge in [0.15, 0.2) is 0 Å². The Morgan fingerprint density at radius 2 is 1.56 bits per heavy atom. The van der Waals surface area contributed by atoms with E-state index in [0.717, 1.165) is 0 Å². The number of thioether (sulfide) groups is 1. The molecule has 10 heteroatoms. The zero-order valence-electron chi connectivity index (χ0n) is 16.5. The molecule has 0 saturated carbocycles. The lowest BCUT2D eigenvalue weighted by atomic mass is 10.1. The summed E-state index contributed by atoms with van der Waals surface area (Å²) in [7, 11) is 0. The lowest BCUT2D eigenvalue weighted by molar-refractivity contribution is -0.384. The van der Waals surface area contributed by atoms with E-state index < -0.39 is 16.8 Å². The summed E-state index contributed by atoms with van der Waals surface area (Å²) in [5.41, 5.74) is 0.775. The predicted octanol–water partition coefficient (Wildman–Crippen LogP) is 4.28. The number of carbonyl (C=O) groups excluding carboxylic acids is 2. The van der Waals surface area contributed by atoms with E-state index in [2.05, 4.69) is 10.6 Å². The molecule has 3 rings (SSSR count). The largest absolute Gasteiger partial charge is 0.478 e. The van der Waals surface area contributed by atoms with Crippen molar-refractivity contribution in [3.05, 3.63) is 94.0 Å². The first-order chi connectivity index (χ1) is 15.3. The van der Waals surface area contributed by atoms with Gasteiger partial charge in [0.05, 0.1) is 21.8 Å². The van der Waals surface area contributed by atoms with Crippen molar-refractivity contribution >= 4 is 46.6 Å². The van der Waals surface area contributed by atoms with E-state index in [-0.39, 0.29) is 28.5 Å². The van der Waals surface area contributed by atoms with Crippen molar-refractivity contribution in [2.45, 2.75) is 4.90 Å². The summed E-state index contributed by atoms with van der Waals surface area (Å²) in [6.45, 7) is 0. The number of non-ortho nitro benzene ring substituents is 1. The number of nitrogens with zero attached hydrogens (tertiary/aromatic N) is 1. The standard InChI is InChI=1S/C22H17N3O6S/c26-20(23-14-8-10-16(11-9-14)25(30)31)13-32-17-5-3-4-15(12-17)24-21(27)18-6-1-2-7-19(18)22(28)29/h1-12H,13H2,(H,23,26)(H,24,27)(H,28,29). The zero-order chi connectivity index (χ0) is 23.1. The average molecular weight is 451 g/mol. The van der Waals surface area contributed by atoms with Crippen LogP contribution in [0, 0.1) is 10.1 Å². The van der Waals surface area contributed by atoms with Crippen molar-refractivity contribution < 1.29 is 24.4 Å². The number of carbonyl (C=O) groups is 3. The van der Waals surface area contributed by atoms with Crippen LogP contribution in [0.1, 0.15) is 20.7 Å². The van der Waals surface area contributed by atoms with Crippen molar-refractivity contribution in [3.8, 4) is 0 Å². The molecule has 0 saturated heterocycles. The first kappa shape index (κ1) is 22.5. The molecule has 32 heavy (non-hydrogen) atoms. The molecule has 0 unspecified atom stereocenters. The predicted molar refractivity (Wildman–Crippen MR) is 120 cm³/mol. The lowest BCUT2D eigenvalue weighted by Crippen LogP contribution is -2.16. The van der Waals surface area contributed by atoms with Gasteiger partial charge < -0.3 is 15.7 Å². The number of nitrogens with one attached hydrogen (secondary N) is 2. The highest BCUT2D eigenvalue weighted by Gasteiger charge is 2.16. The third-order valence-corrected chi connectivity index (χ3v) is 5.22. The van der Waals surface area contributed by atoms with Gasteiger partial charge in [-0.1, -0.05) is 18.2 Å². The number of rotatable bonds is 8. The van der Waals surface area contributed by atoms with Crippen LogP contribution in [0.25, 0.3) is 0 Å². The summed E-state index contributed by atoms with van der Waals surface area (Å²) >= 11 is 1.24. The first-order valence-corrected chi connectivity index (χ1v) is 10.2. The number of nitro groups is 1. The minimum Gasteiger partial charge on any atom is -0.478 e. The van der Waals surface area contributed by atoms with E-state index in [1.54, 1.807) is 36.4 Å². The second-order valence-corrected chi connectivity index (χ2v) is 7.52. The molecule has 3 aromatic rings. The molecule has 0 bridgehead atoms. The maximum atomic E-state index is 12.5. The smallest absolute Gasteiger partial charge is 0.336 e. The number of carboxylic acid groups (broad SMARTS) is 1. The SMILES string of the molecule is O=C(CSc1cccc(NC(=O)c2ccccc2C(=O)O)c1)Nc1ccc([N+](=O)[O-])cc1. The molecule has 2 amide bonds. The molecule has 0 aliphatic carbocycles. The third-order valence-electron chi connectivity index (χ3n) is 4.23. The van der Waals surface area contributed by atoms with Crippen molar-refractivity contribution in [1.29, 1.82) is 0 Å². The van der Waals surface area contributed by atoms with Gasteiger partial charge in [-0.15, -0.1) is 11.8 Å². The number of hydrogen-bond donors (Lipinski definition) is 3. The van der Waals surface area contributed by atoms with Gasteiger partial charge in [0, 0.05) is 28.4 Å². The van der Waals surface area contributed by atoms with Gasteiger partial charge in [0.25, 0.3) is 11.6 Å². The van der Waals surface area contributed by atoms with Crippen molar-refractivity contribution in [2.75, 3.05) is 16.4 Å². The fraction of sp³-hybridized carbons (Fsp3) is 0.0455. The molecule has 0 radical (unpaired) electrons. The van der Waals surface area contributed by atoms with Gasteiger partial charge in [-0.3, -0.25) is 19.7 Å². The van der Waals surface area contributed by atoms with Gasteiger partial charge in [0.1, 0.15) is 0 Å². The second-order valence-electron chi connectivity index (χ2n) is 6.47. The summed E-state index contributed by atoms with van der Waals surface area (Å²) in [5, 5.41) is 25.2. The maximum Gasteiger partial charge on any atom is 0.336 e. The zero-order valence-corrected chi connectivity index (χ0v) is 17.3. The van der Waals surface area contributed by atoms with E-state index >= 15 is 0 Å². The highest BCUT2D eigenvalue weighted by Crippen LogP contribution is 2.23. The summed E-state index contributed by atoms with van der Waals surface area (Å²) in [6.07, 6.45) is 0. The fourth-order valence-electron chi connectivity index (χ4n) is 2.74. The molecule has 0 aliphatic heterocycles. The Balaban J connectivity index is 1.59. The lowest BCUT2D eigenvalue weighted by Gasteiger charge is -2.09. The van der Waals surface area contributed by atoms with Crippen LogP contribution < -0.4 is 10.6 Å². The van der Waals surface area contributed by atoms with E-state index in [9.17, 15) is 29.6 Å². The highest BCUT2D eigenvalue weighted by atomic mass is 32.2. The summed E-state index contributed by atoms with van der Waals surface area (Å²) in [4.78, 5) is 46.8. The number of carboxylic acids is 1. The number of amides is 2. The maximum absolute atomic E-state index is 12.5. The van der Waals surface area contributed by atoms with E-state index in [1.165, 1.54) is 48.2 Å². The van der Waals surface area contributed by atoms with E-state index in [1.807, 2.05) is 0 Å². The van der Waals surface area contributed by atoms with Crippen molar-refractivity contribution in [3.63, 3.8) is 0 Å². The molecule has 3 N–H and O–H groups in total. The summed E-state index contributed by atoms with van der Waals surface area (Å²) in [5.74, 6) is -1.97. The minimum absolute atomic E-state index is 0.0422. The molecule has 0 atom stereocenters. The number of hydrogen-bond acceptors (Lipinski definition) is 6. The van der Waals surface area contributed by atoms with Gasteiger partial charge in [0.2, 0.25) is 5.91 Å². The Kier molecular flexibility index (Phi) is 7.19. The fourth-order valence-corrected chi connectivity index (χ4v) is 3.50. The Labute approximate surface area is 186 Å². The van der Waals surface area contributed by atoms with Crippen LogP contribution in [0.15, 0.2) is 77.7 Å². The monoisotopic (exact) mass is 451 g/mol. The number of nitro benzene ring substituents is 1. The third kappa shape index (κ3) is 5.92. The highest BCUT2D eigenvalue weighted by molar-refractivity contribution is 8.00. The number of anilines is 2. The summed E-state index contributed by atoms with van der Waals surface area (Å²) < 4.78 is 0. The molecule has 3 aromatic carbocycles. The second kappa shape index (κ2) is 10.2. The molecule has 9 nitrogen and oxygen atoms in total. The van der Waals surface area contributed by atoms with Gasteiger partial charge in [-0.2, -0.15) is 0 Å². The van der Waals surface area contributed by atoms with Crippen LogP contribution in [0.4, 0.5) is 17.1 Å². The van der Waals surface area contributed by atoms with Crippen LogP contribution in [0.2, 0.25) is 0 Å². The molecule has 0 aromatic heterocycles. The molecular weight excluding hydrogens is 434 g/mol. The Morgan fingerprint density at radius 3 is 2.22 bits per heavy atom. The van der Waals surface area contributed by atoms with Crippen LogP contribution in [0.5, 0.6) is 0 Å². The normalized spacial score (nSPS) is 10.2. The Hall–Kier alpha value is -4.18. The van der Waals surface area contributed by atoms with Crippen LogP contribution in [-0.2, 0) is 4.79 Å². The molecular formula is C22H17N3O6S. The minimum atomic E-state index is -1.20. The topological polar surface area (TPSA) is 139 Å². The number of aromatic carboxylic acids is 1. The molecule has 0 spiro atoms. The average Bonchev–Trinajstić information content (AvgIpc) is 2.78. The molecule has 0 heterocycles. The first-order valence-electron chi connectivity index (χ1n) is 9.24. The molecule has 0 fully saturated rings. The molecule has 162 valence electrons. The van der Waals surface area contributed by atoms with Gasteiger partial charge in [-0.25, -0.2) is 4.79 Å². The van der Waals surface area contributed by atoms with Gasteiger partial charge >= 0.3 is 5.97 Å². The van der Waals surface area contributed by atoms with Crippen LogP contribution in [-0.4, -0.2) is 33.6 Å². The van der Waals surface area contributed by atoms with E-state index in [0.29, 0.717) is 16.3 Å². The van der Waals surface area contributed by atoms with Crippen molar-refractivity contribution in [2.24, 2.45) is 0 Å². The van der Waals surface area contributed by atoms with Gasteiger partial charge in [-0.05, 0) is 42.5 Å².